The maximum absolute atomic E-state index is 11.1. The summed E-state index contributed by atoms with van der Waals surface area (Å²) in [5.74, 6) is 0.598. The van der Waals surface area contributed by atoms with Crippen LogP contribution < -0.4 is 0 Å². The fourth-order valence-corrected chi connectivity index (χ4v) is 5.01. The Bertz CT molecular complexity index is 967. The summed E-state index contributed by atoms with van der Waals surface area (Å²) in [6, 6.07) is 7.18. The lowest BCUT2D eigenvalue weighted by molar-refractivity contribution is -0.385. The quantitative estimate of drug-likeness (QED) is 0.320. The van der Waals surface area contributed by atoms with E-state index >= 15 is 0 Å². The number of hydrogen-bond acceptors (Lipinski definition) is 5. The molecule has 0 bridgehead atoms. The Balaban J connectivity index is 1.92. The summed E-state index contributed by atoms with van der Waals surface area (Å²) in [5.41, 5.74) is 2.67. The first-order valence-electron chi connectivity index (χ1n) is 8.73. The first-order valence-corrected chi connectivity index (χ1v) is 10.3. The second kappa shape index (κ2) is 7.53. The number of benzene rings is 1. The average molecular weight is 446 g/mol. The SMILES string of the molecule is CC(C)(C)[C@@H]1CCc2c(sc(N=Cc3ccc(Br)c([N+](=O)[O-])c3)c2C#N)C1. The van der Waals surface area contributed by atoms with Crippen LogP contribution in [0.25, 0.3) is 0 Å². The molecule has 0 saturated heterocycles. The van der Waals surface area contributed by atoms with Gasteiger partial charge in [-0.1, -0.05) is 26.8 Å². The minimum absolute atomic E-state index is 0.00190. The van der Waals surface area contributed by atoms with Crippen molar-refractivity contribution >= 4 is 44.2 Å². The molecule has 0 aliphatic heterocycles. The monoisotopic (exact) mass is 445 g/mol. The summed E-state index contributed by atoms with van der Waals surface area (Å²) in [5, 5.41) is 21.4. The second-order valence-electron chi connectivity index (χ2n) is 7.83. The summed E-state index contributed by atoms with van der Waals surface area (Å²) in [6.45, 7) is 6.79. The van der Waals surface area contributed by atoms with Gasteiger partial charge in [-0.05, 0) is 63.7 Å². The zero-order chi connectivity index (χ0) is 19.8. The Kier molecular flexibility index (Phi) is 5.50. The van der Waals surface area contributed by atoms with Gasteiger partial charge in [0.1, 0.15) is 11.1 Å². The molecule has 3 rings (SSSR count). The van der Waals surface area contributed by atoms with Crippen molar-refractivity contribution in [2.75, 3.05) is 0 Å². The van der Waals surface area contributed by atoms with Gasteiger partial charge in [-0.25, -0.2) is 4.99 Å². The van der Waals surface area contributed by atoms with E-state index in [9.17, 15) is 15.4 Å². The van der Waals surface area contributed by atoms with Gasteiger partial charge in [-0.2, -0.15) is 5.26 Å². The van der Waals surface area contributed by atoms with Crippen LogP contribution in [0.4, 0.5) is 10.7 Å². The molecule has 0 amide bonds. The van der Waals surface area contributed by atoms with Crippen molar-refractivity contribution in [3.8, 4) is 6.07 Å². The highest BCUT2D eigenvalue weighted by molar-refractivity contribution is 9.10. The minimum atomic E-state index is -0.432. The van der Waals surface area contributed by atoms with Crippen LogP contribution >= 0.6 is 27.3 Å². The van der Waals surface area contributed by atoms with Crippen LogP contribution in [0, 0.1) is 32.8 Å². The van der Waals surface area contributed by atoms with E-state index in [1.54, 1.807) is 29.7 Å². The molecule has 2 aromatic rings. The highest BCUT2D eigenvalue weighted by Crippen LogP contribution is 2.44. The number of nitro groups is 1. The normalized spacial score (nSPS) is 16.9. The molecule has 1 heterocycles. The molecule has 0 radical (unpaired) electrons. The number of hydrogen-bond donors (Lipinski definition) is 0. The summed E-state index contributed by atoms with van der Waals surface area (Å²) in [4.78, 5) is 16.4. The van der Waals surface area contributed by atoms with Crippen LogP contribution in [0.1, 0.15) is 48.8 Å². The second-order valence-corrected chi connectivity index (χ2v) is 9.77. The highest BCUT2D eigenvalue weighted by Gasteiger charge is 2.32. The van der Waals surface area contributed by atoms with E-state index in [0.717, 1.165) is 24.8 Å². The third kappa shape index (κ3) is 4.12. The number of aliphatic imine (C=N–C) groups is 1. The third-order valence-corrected chi connectivity index (χ3v) is 6.91. The Morgan fingerprint density at radius 3 is 2.81 bits per heavy atom. The van der Waals surface area contributed by atoms with Crippen LogP contribution in [0.3, 0.4) is 0 Å². The van der Waals surface area contributed by atoms with Crippen LogP contribution in [-0.2, 0) is 12.8 Å². The molecule has 27 heavy (non-hydrogen) atoms. The summed E-state index contributed by atoms with van der Waals surface area (Å²) in [7, 11) is 0. The first-order chi connectivity index (χ1) is 12.7. The van der Waals surface area contributed by atoms with Gasteiger partial charge < -0.3 is 0 Å². The molecule has 0 fully saturated rings. The van der Waals surface area contributed by atoms with Gasteiger partial charge in [0.2, 0.25) is 0 Å². The van der Waals surface area contributed by atoms with Gasteiger partial charge >= 0.3 is 0 Å². The number of nitriles is 1. The highest BCUT2D eigenvalue weighted by atomic mass is 79.9. The molecular weight excluding hydrogens is 426 g/mol. The Labute approximate surface area is 171 Å². The van der Waals surface area contributed by atoms with Gasteiger partial charge in [-0.15, -0.1) is 11.3 Å². The van der Waals surface area contributed by atoms with Crippen molar-refractivity contribution in [1.29, 1.82) is 5.26 Å². The summed E-state index contributed by atoms with van der Waals surface area (Å²) < 4.78 is 0.433. The fraction of sp³-hybridized carbons (Fsp3) is 0.400. The van der Waals surface area contributed by atoms with Crippen LogP contribution in [-0.4, -0.2) is 11.1 Å². The van der Waals surface area contributed by atoms with E-state index in [4.69, 9.17) is 0 Å². The molecule has 0 unspecified atom stereocenters. The van der Waals surface area contributed by atoms with Crippen molar-refractivity contribution in [3.05, 3.63) is 54.4 Å². The molecule has 0 spiro atoms. The summed E-state index contributed by atoms with van der Waals surface area (Å²) >= 11 is 4.76. The molecule has 5 nitrogen and oxygen atoms in total. The number of nitro benzene ring substituents is 1. The predicted molar refractivity (Wildman–Crippen MR) is 112 cm³/mol. The molecular formula is C20H20BrN3O2S. The minimum Gasteiger partial charge on any atom is -0.258 e. The number of rotatable bonds is 3. The van der Waals surface area contributed by atoms with E-state index in [0.29, 0.717) is 26.5 Å². The number of nitrogens with zero attached hydrogens (tertiary/aromatic N) is 3. The number of halogens is 1. The zero-order valence-electron chi connectivity index (χ0n) is 15.5. The largest absolute Gasteiger partial charge is 0.284 e. The van der Waals surface area contributed by atoms with Gasteiger partial charge in [0.25, 0.3) is 5.69 Å². The molecule has 0 N–H and O–H groups in total. The van der Waals surface area contributed by atoms with Gasteiger partial charge in [0.15, 0.2) is 0 Å². The molecule has 1 aliphatic carbocycles. The van der Waals surface area contributed by atoms with Crippen molar-refractivity contribution < 1.29 is 4.92 Å². The molecule has 1 atom stereocenters. The Morgan fingerprint density at radius 2 is 2.19 bits per heavy atom. The maximum atomic E-state index is 11.1. The maximum Gasteiger partial charge on any atom is 0.284 e. The van der Waals surface area contributed by atoms with E-state index < -0.39 is 4.92 Å². The van der Waals surface area contributed by atoms with Gasteiger partial charge in [-0.3, -0.25) is 10.1 Å². The molecule has 140 valence electrons. The molecule has 1 aromatic carbocycles. The van der Waals surface area contributed by atoms with E-state index in [1.807, 2.05) is 0 Å². The Hall–Kier alpha value is -2.04. The van der Waals surface area contributed by atoms with Gasteiger partial charge in [0, 0.05) is 17.2 Å². The van der Waals surface area contributed by atoms with Crippen molar-refractivity contribution in [3.63, 3.8) is 0 Å². The topological polar surface area (TPSA) is 79.3 Å². The first kappa shape index (κ1) is 19.7. The summed E-state index contributed by atoms with van der Waals surface area (Å²) in [6.07, 6.45) is 4.58. The van der Waals surface area contributed by atoms with Crippen LogP contribution in [0.5, 0.6) is 0 Å². The number of fused-ring (bicyclic) bond motifs is 1. The zero-order valence-corrected chi connectivity index (χ0v) is 17.9. The van der Waals surface area contributed by atoms with Crippen LogP contribution in [0.15, 0.2) is 27.7 Å². The van der Waals surface area contributed by atoms with E-state index in [2.05, 4.69) is 47.8 Å². The predicted octanol–water partition coefficient (Wildman–Crippen LogP) is 6.19. The lowest BCUT2D eigenvalue weighted by atomic mass is 9.72. The van der Waals surface area contributed by atoms with Crippen molar-refractivity contribution in [1.82, 2.24) is 0 Å². The van der Waals surface area contributed by atoms with Crippen LogP contribution in [0.2, 0.25) is 0 Å². The van der Waals surface area contributed by atoms with Crippen molar-refractivity contribution in [2.24, 2.45) is 16.3 Å². The smallest absolute Gasteiger partial charge is 0.258 e. The standard InChI is InChI=1S/C20H20BrN3O2S/c1-20(2,3)13-5-6-14-15(10-22)19(27-18(14)9-13)23-11-12-4-7-16(21)17(8-12)24(25)26/h4,7-8,11,13H,5-6,9H2,1-3H3/t13-/m1/s1. The lowest BCUT2D eigenvalue weighted by Gasteiger charge is -2.33. The average Bonchev–Trinajstić information content (AvgIpc) is 2.96. The van der Waals surface area contributed by atoms with Gasteiger partial charge in [0.05, 0.1) is 15.0 Å². The third-order valence-electron chi connectivity index (χ3n) is 5.08. The molecule has 1 aromatic heterocycles. The Morgan fingerprint density at radius 1 is 1.44 bits per heavy atom. The van der Waals surface area contributed by atoms with Crippen molar-refractivity contribution in [2.45, 2.75) is 40.0 Å². The molecule has 7 heteroatoms. The molecule has 0 saturated carbocycles. The molecule has 1 aliphatic rings. The fourth-order valence-electron chi connectivity index (χ4n) is 3.40. The lowest BCUT2D eigenvalue weighted by Crippen LogP contribution is -2.26. The van der Waals surface area contributed by atoms with E-state index in [1.165, 1.54) is 10.9 Å². The van der Waals surface area contributed by atoms with E-state index in [-0.39, 0.29) is 11.1 Å². The number of thiophene rings is 1.